The van der Waals surface area contributed by atoms with Gasteiger partial charge in [0.25, 0.3) is 0 Å². The second kappa shape index (κ2) is 7.86. The third-order valence-electron chi connectivity index (χ3n) is 4.25. The third-order valence-corrected chi connectivity index (χ3v) is 4.25. The van der Waals surface area contributed by atoms with Crippen molar-refractivity contribution >= 4 is 29.0 Å². The predicted octanol–water partition coefficient (Wildman–Crippen LogP) is 5.09. The van der Waals surface area contributed by atoms with Crippen molar-refractivity contribution in [3.8, 4) is 0 Å². The van der Waals surface area contributed by atoms with Gasteiger partial charge in [0.1, 0.15) is 18.0 Å². The molecule has 3 aromatic rings. The molecule has 0 amide bonds. The number of carboxylic acids is 1. The number of aryl methyl sites for hydroxylation is 1. The van der Waals surface area contributed by atoms with E-state index in [9.17, 15) is 4.79 Å². The number of benzene rings is 2. The molecule has 0 saturated heterocycles. The minimum atomic E-state index is -0.950. The van der Waals surface area contributed by atoms with E-state index in [0.29, 0.717) is 17.6 Å². The van der Waals surface area contributed by atoms with Gasteiger partial charge in [0.15, 0.2) is 0 Å². The summed E-state index contributed by atoms with van der Waals surface area (Å²) in [5, 5.41) is 15.5. The van der Waals surface area contributed by atoms with E-state index in [1.165, 1.54) is 11.9 Å². The fraction of sp³-hybridized carbons (Fsp3) is 0.190. The van der Waals surface area contributed by atoms with Crippen LogP contribution in [0.3, 0.4) is 0 Å². The zero-order valence-electron chi connectivity index (χ0n) is 15.5. The van der Waals surface area contributed by atoms with E-state index in [1.54, 1.807) is 24.3 Å². The number of nitrogens with zero attached hydrogens (tertiary/aromatic N) is 2. The van der Waals surface area contributed by atoms with Crippen molar-refractivity contribution in [1.82, 2.24) is 9.97 Å². The third kappa shape index (κ3) is 4.41. The molecule has 2 aromatic carbocycles. The molecule has 0 atom stereocenters. The Morgan fingerprint density at radius 2 is 1.67 bits per heavy atom. The fourth-order valence-electron chi connectivity index (χ4n) is 2.81. The zero-order valence-corrected chi connectivity index (χ0v) is 15.5. The molecule has 6 heteroatoms. The van der Waals surface area contributed by atoms with E-state index in [-0.39, 0.29) is 5.56 Å². The summed E-state index contributed by atoms with van der Waals surface area (Å²) in [5.74, 6) is 0.745. The Morgan fingerprint density at radius 3 is 2.30 bits per heavy atom. The molecule has 0 radical (unpaired) electrons. The predicted molar refractivity (Wildman–Crippen MR) is 107 cm³/mol. The van der Waals surface area contributed by atoms with E-state index in [2.05, 4.69) is 59.6 Å². The van der Waals surface area contributed by atoms with Gasteiger partial charge < -0.3 is 15.7 Å². The summed E-state index contributed by atoms with van der Waals surface area (Å²) >= 11 is 0. The number of para-hydroxylation sites is 1. The van der Waals surface area contributed by atoms with Gasteiger partial charge in [-0.2, -0.15) is 0 Å². The van der Waals surface area contributed by atoms with Crippen LogP contribution >= 0.6 is 0 Å². The minimum absolute atomic E-state index is 0.242. The second-order valence-corrected chi connectivity index (χ2v) is 6.61. The van der Waals surface area contributed by atoms with Gasteiger partial charge in [0.05, 0.1) is 5.56 Å². The Balaban J connectivity index is 1.81. The fourth-order valence-corrected chi connectivity index (χ4v) is 2.81. The van der Waals surface area contributed by atoms with Crippen LogP contribution in [0.4, 0.5) is 23.0 Å². The van der Waals surface area contributed by atoms with Crippen molar-refractivity contribution in [2.75, 3.05) is 10.6 Å². The number of hydrogen-bond acceptors (Lipinski definition) is 5. The average Bonchev–Trinajstić information content (AvgIpc) is 2.64. The summed E-state index contributed by atoms with van der Waals surface area (Å²) in [6, 6.07) is 14.6. The van der Waals surface area contributed by atoms with Crippen LogP contribution in [0.15, 0.2) is 54.9 Å². The van der Waals surface area contributed by atoms with Gasteiger partial charge in [0, 0.05) is 17.4 Å². The Morgan fingerprint density at radius 1 is 1.00 bits per heavy atom. The summed E-state index contributed by atoms with van der Waals surface area (Å²) < 4.78 is 0. The van der Waals surface area contributed by atoms with Crippen molar-refractivity contribution in [3.05, 3.63) is 71.5 Å². The molecule has 138 valence electrons. The van der Waals surface area contributed by atoms with Crippen molar-refractivity contribution < 1.29 is 9.90 Å². The van der Waals surface area contributed by atoms with Gasteiger partial charge in [-0.3, -0.25) is 0 Å². The monoisotopic (exact) mass is 362 g/mol. The molecule has 3 rings (SSSR count). The van der Waals surface area contributed by atoms with Crippen molar-refractivity contribution in [1.29, 1.82) is 0 Å². The standard InChI is InChI=1S/C21H22N4O2/c1-13(2)17-6-4-5-14(3)20(17)25-19-11-18(22-12-23-19)24-16-9-7-15(8-10-16)21(26)27/h4-13H,1-3H3,(H,26,27)(H2,22,23,24,25). The Hall–Kier alpha value is -3.41. The largest absolute Gasteiger partial charge is 0.478 e. The number of rotatable bonds is 6. The smallest absolute Gasteiger partial charge is 0.335 e. The Kier molecular flexibility index (Phi) is 5.35. The highest BCUT2D eigenvalue weighted by Gasteiger charge is 2.10. The lowest BCUT2D eigenvalue weighted by Crippen LogP contribution is -2.03. The molecule has 0 aliphatic carbocycles. The van der Waals surface area contributed by atoms with Crippen molar-refractivity contribution in [2.45, 2.75) is 26.7 Å². The first-order chi connectivity index (χ1) is 12.9. The molecule has 0 bridgehead atoms. The quantitative estimate of drug-likeness (QED) is 0.566. The van der Waals surface area contributed by atoms with Gasteiger partial charge in [-0.15, -0.1) is 0 Å². The van der Waals surface area contributed by atoms with Crippen LogP contribution in [-0.2, 0) is 0 Å². The molecule has 0 spiro atoms. The molecule has 3 N–H and O–H groups in total. The molecule has 0 aliphatic heterocycles. The summed E-state index contributed by atoms with van der Waals surface area (Å²) in [6.07, 6.45) is 1.49. The van der Waals surface area contributed by atoms with E-state index in [0.717, 1.165) is 16.9 Å². The van der Waals surface area contributed by atoms with Crippen LogP contribution in [0, 0.1) is 6.92 Å². The van der Waals surface area contributed by atoms with Gasteiger partial charge >= 0.3 is 5.97 Å². The van der Waals surface area contributed by atoms with Crippen molar-refractivity contribution in [3.63, 3.8) is 0 Å². The number of hydrogen-bond donors (Lipinski definition) is 3. The maximum absolute atomic E-state index is 10.9. The molecule has 0 saturated carbocycles. The molecule has 27 heavy (non-hydrogen) atoms. The number of nitrogens with one attached hydrogen (secondary N) is 2. The van der Waals surface area contributed by atoms with Crippen LogP contribution in [0.2, 0.25) is 0 Å². The van der Waals surface area contributed by atoms with E-state index in [1.807, 2.05) is 6.07 Å². The summed E-state index contributed by atoms with van der Waals surface area (Å²) in [5.41, 5.74) is 4.43. The normalized spacial score (nSPS) is 10.7. The van der Waals surface area contributed by atoms with Gasteiger partial charge in [-0.05, 0) is 48.2 Å². The number of carboxylic acid groups (broad SMARTS) is 1. The molecule has 0 aliphatic rings. The molecule has 0 unspecified atom stereocenters. The van der Waals surface area contributed by atoms with E-state index >= 15 is 0 Å². The SMILES string of the molecule is Cc1cccc(C(C)C)c1Nc1cc(Nc2ccc(C(=O)O)cc2)ncn1. The number of aromatic carboxylic acids is 1. The lowest BCUT2D eigenvalue weighted by Gasteiger charge is -2.17. The minimum Gasteiger partial charge on any atom is -0.478 e. The highest BCUT2D eigenvalue weighted by molar-refractivity contribution is 5.88. The zero-order chi connectivity index (χ0) is 19.4. The highest BCUT2D eigenvalue weighted by atomic mass is 16.4. The number of aromatic nitrogens is 2. The second-order valence-electron chi connectivity index (χ2n) is 6.61. The summed E-state index contributed by atoms with van der Waals surface area (Å²) in [7, 11) is 0. The maximum Gasteiger partial charge on any atom is 0.335 e. The van der Waals surface area contributed by atoms with Crippen LogP contribution in [0.1, 0.15) is 41.3 Å². The average molecular weight is 362 g/mol. The van der Waals surface area contributed by atoms with E-state index in [4.69, 9.17) is 5.11 Å². The van der Waals surface area contributed by atoms with Crippen molar-refractivity contribution in [2.24, 2.45) is 0 Å². The maximum atomic E-state index is 10.9. The Bertz CT molecular complexity index is 953. The molecule has 1 heterocycles. The van der Waals surface area contributed by atoms with Crippen LogP contribution in [0.25, 0.3) is 0 Å². The Labute approximate surface area is 158 Å². The first kappa shape index (κ1) is 18.4. The molecular formula is C21H22N4O2. The van der Waals surface area contributed by atoms with Gasteiger partial charge in [-0.1, -0.05) is 32.0 Å². The lowest BCUT2D eigenvalue weighted by atomic mass is 9.98. The number of anilines is 4. The van der Waals surface area contributed by atoms with Gasteiger partial charge in [-0.25, -0.2) is 14.8 Å². The molecule has 0 fully saturated rings. The first-order valence-corrected chi connectivity index (χ1v) is 8.73. The number of carbonyl (C=O) groups is 1. The topological polar surface area (TPSA) is 87.1 Å². The van der Waals surface area contributed by atoms with Crippen LogP contribution in [0.5, 0.6) is 0 Å². The van der Waals surface area contributed by atoms with Crippen LogP contribution < -0.4 is 10.6 Å². The summed E-state index contributed by atoms with van der Waals surface area (Å²) in [6.45, 7) is 6.39. The summed E-state index contributed by atoms with van der Waals surface area (Å²) in [4.78, 5) is 19.5. The molecular weight excluding hydrogens is 340 g/mol. The highest BCUT2D eigenvalue weighted by Crippen LogP contribution is 2.30. The molecule has 1 aromatic heterocycles. The van der Waals surface area contributed by atoms with Crippen LogP contribution in [-0.4, -0.2) is 21.0 Å². The molecule has 6 nitrogen and oxygen atoms in total. The van der Waals surface area contributed by atoms with E-state index < -0.39 is 5.97 Å². The van der Waals surface area contributed by atoms with Gasteiger partial charge in [0.2, 0.25) is 0 Å². The first-order valence-electron chi connectivity index (χ1n) is 8.73. The lowest BCUT2D eigenvalue weighted by molar-refractivity contribution is 0.0697.